The highest BCUT2D eigenvalue weighted by Crippen LogP contribution is 2.32. The van der Waals surface area contributed by atoms with Crippen LogP contribution >= 0.6 is 23.5 Å². The van der Waals surface area contributed by atoms with Crippen LogP contribution in [0.5, 0.6) is 5.75 Å². The van der Waals surface area contributed by atoms with E-state index in [4.69, 9.17) is 10.5 Å². The summed E-state index contributed by atoms with van der Waals surface area (Å²) < 4.78 is 35.4. The fourth-order valence-corrected chi connectivity index (χ4v) is 14.3. The summed E-state index contributed by atoms with van der Waals surface area (Å²) in [5.74, 6) is -8.16. The number of hydrogen-bond donors (Lipinski definition) is 12. The van der Waals surface area contributed by atoms with E-state index in [2.05, 4.69) is 68.6 Å². The van der Waals surface area contributed by atoms with Gasteiger partial charge in [0, 0.05) is 108 Å². The Morgan fingerprint density at radius 3 is 1.82 bits per heavy atom. The molecule has 9 amide bonds. The standard InChI is InChI=1S/C72H88F2N14O12S2/c1-41(2)63-69(97)85-57(30-46-36-79-54-19-15-48(74)32-52(46)54)66(94)82-56(29-45-35-78-53-18-14-47(73)31-51(45)53)65(93)84-59(34-62(90)91)68(96)83-58(33-49-37-76-40-80-49)67(95)86-60(28-42-12-16-50(100-4)17-13-42)70(98)88-24-8-21-72(88,3)71(99)77-23-26-102-39-44-10-7-9-43(27-44)38-101-25-20-61(89)81-55(64(92)87-63)11-5-6-22-75/h7,9-10,12-19,27,31-32,35-36,40-41,55-60,63,78-79H,5-6,8,11,20-26,28-30,33-34,37-39,75H2,1-4H3,(H,77,99)(H,81,89)(H,82,94)(H,83,96)(H,84,93)(H,85,97)(H,86,95)(H,87,92)(H,90,91)/t55-,56-,57-,58-,59-,60-,63+,72-/m0/s1. The van der Waals surface area contributed by atoms with Gasteiger partial charge in [-0.3, -0.25) is 52.9 Å². The Morgan fingerprint density at radius 1 is 0.676 bits per heavy atom. The number of thioether (sulfide) groups is 2. The molecule has 1 saturated heterocycles. The number of nitrogens with one attached hydrogen (secondary N) is 10. The van der Waals surface area contributed by atoms with Crippen molar-refractivity contribution in [1.82, 2.24) is 57.4 Å². The van der Waals surface area contributed by atoms with Gasteiger partial charge in [-0.15, -0.1) is 0 Å². The smallest absolute Gasteiger partial charge is 0.305 e. The third kappa shape index (κ3) is 20.8. The molecule has 2 aromatic heterocycles. The lowest BCUT2D eigenvalue weighted by Crippen LogP contribution is -2.62. The summed E-state index contributed by atoms with van der Waals surface area (Å²) in [6, 6.07) is 11.7. The number of H-pyrrole nitrogens is 2. The Labute approximate surface area is 597 Å². The fraction of sp³-hybridized carbons (Fsp3) is 0.444. The molecule has 544 valence electrons. The van der Waals surface area contributed by atoms with Crippen LogP contribution in [0.4, 0.5) is 8.78 Å². The molecule has 0 saturated carbocycles. The van der Waals surface area contributed by atoms with Gasteiger partial charge in [-0.1, -0.05) is 50.2 Å². The number of methoxy groups -OCH3 is 1. The zero-order chi connectivity index (χ0) is 73.0. The van der Waals surface area contributed by atoms with Crippen LogP contribution in [0.1, 0.15) is 100.0 Å². The third-order valence-corrected chi connectivity index (χ3v) is 20.3. The highest BCUT2D eigenvalue weighted by molar-refractivity contribution is 7.98. The molecule has 4 aromatic carbocycles. The summed E-state index contributed by atoms with van der Waals surface area (Å²) >= 11 is 3.13. The lowest BCUT2D eigenvalue weighted by atomic mass is 9.95. The molecule has 3 aliphatic rings. The van der Waals surface area contributed by atoms with E-state index in [0.29, 0.717) is 94.2 Å². The fourth-order valence-electron chi connectivity index (χ4n) is 12.6. The van der Waals surface area contributed by atoms with Gasteiger partial charge in [-0.2, -0.15) is 23.5 Å². The SMILES string of the molecule is COc1ccc(C[C@@H]2NC(=O)[C@H](CC3=NC=NC3)NC(=O)[C@H](CC(=O)O)NC(=O)[C@H](Cc3c[nH]c4ccc(F)cc34)NC(=O)[C@H](Cc3c[nH]c4ccc(F)cc34)NC(=O)[C@@H](C(C)C)NC(=O)[C@H](CCCCN)NC(=O)CCSCc3cccc(c3)CSCCNC(=O)[C@]3(C)CCCN3C2=O)cc1. The van der Waals surface area contributed by atoms with Gasteiger partial charge in [-0.05, 0) is 128 Å². The van der Waals surface area contributed by atoms with E-state index in [1.807, 2.05) is 18.2 Å². The number of aliphatic imine (C=N–C) groups is 2. The van der Waals surface area contributed by atoms with E-state index in [1.54, 1.807) is 56.8 Å². The molecule has 2 bridgehead atoms. The topological polar surface area (TPSA) is 382 Å². The summed E-state index contributed by atoms with van der Waals surface area (Å²) in [5.41, 5.74) is 8.94. The normalized spacial score (nSPS) is 23.3. The molecule has 0 unspecified atom stereocenters. The predicted molar refractivity (Wildman–Crippen MR) is 385 cm³/mol. The maximum atomic E-state index is 15.3. The quantitative estimate of drug-likeness (QED) is 0.0591. The van der Waals surface area contributed by atoms with Gasteiger partial charge < -0.3 is 73.0 Å². The van der Waals surface area contributed by atoms with Gasteiger partial charge in [-0.25, -0.2) is 13.8 Å². The Morgan fingerprint density at radius 2 is 1.25 bits per heavy atom. The molecule has 26 nitrogen and oxygen atoms in total. The number of nitrogens with two attached hydrogens (primary N) is 1. The van der Waals surface area contributed by atoms with E-state index in [-0.39, 0.29) is 62.7 Å². The number of aliphatic carboxylic acids is 1. The molecule has 5 heterocycles. The number of nitrogens with zero attached hydrogens (tertiary/aromatic N) is 3. The Bertz CT molecular complexity index is 4090. The van der Waals surface area contributed by atoms with Crippen molar-refractivity contribution in [2.24, 2.45) is 21.6 Å². The minimum Gasteiger partial charge on any atom is -0.497 e. The van der Waals surface area contributed by atoms with Gasteiger partial charge in [0.2, 0.25) is 53.2 Å². The number of halogens is 2. The molecule has 0 aliphatic carbocycles. The van der Waals surface area contributed by atoms with Gasteiger partial charge in [0.15, 0.2) is 0 Å². The van der Waals surface area contributed by atoms with Crippen LogP contribution in [0.3, 0.4) is 0 Å². The summed E-state index contributed by atoms with van der Waals surface area (Å²) in [4.78, 5) is 162. The average Bonchev–Trinajstić information content (AvgIpc) is 1.58. The molecule has 102 heavy (non-hydrogen) atoms. The van der Waals surface area contributed by atoms with Crippen LogP contribution in [0, 0.1) is 17.6 Å². The Kier molecular flexibility index (Phi) is 27.2. The highest BCUT2D eigenvalue weighted by atomic mass is 32.2. The first-order valence-corrected chi connectivity index (χ1v) is 36.3. The van der Waals surface area contributed by atoms with Crippen LogP contribution in [-0.2, 0) is 78.7 Å². The van der Waals surface area contributed by atoms with Crippen LogP contribution < -0.4 is 53.0 Å². The van der Waals surface area contributed by atoms with Crippen LogP contribution in [-0.4, -0.2) is 184 Å². The molecule has 1 fully saturated rings. The second-order valence-corrected chi connectivity index (χ2v) is 28.4. The van der Waals surface area contributed by atoms with E-state index in [0.717, 1.165) is 11.1 Å². The lowest BCUT2D eigenvalue weighted by molar-refractivity contribution is -0.146. The molecular weight excluding hydrogens is 1360 g/mol. The number of carboxylic acid groups (broad SMARTS) is 1. The molecule has 13 N–H and O–H groups in total. The van der Waals surface area contributed by atoms with E-state index in [9.17, 15) is 33.9 Å². The second kappa shape index (κ2) is 36.3. The predicted octanol–water partition coefficient (Wildman–Crippen LogP) is 4.56. The van der Waals surface area contributed by atoms with Gasteiger partial charge in [0.1, 0.15) is 71.6 Å². The Hall–Kier alpha value is -9.68. The molecule has 6 aromatic rings. The largest absolute Gasteiger partial charge is 0.497 e. The third-order valence-electron chi connectivity index (χ3n) is 18.2. The number of amides is 9. The zero-order valence-electron chi connectivity index (χ0n) is 57.3. The molecule has 3 aliphatic heterocycles. The summed E-state index contributed by atoms with van der Waals surface area (Å²) in [5, 5.41) is 33.0. The van der Waals surface area contributed by atoms with E-state index < -0.39 is 137 Å². The maximum Gasteiger partial charge on any atom is 0.305 e. The second-order valence-electron chi connectivity index (χ2n) is 26.2. The summed E-state index contributed by atoms with van der Waals surface area (Å²) in [6.07, 6.45) is 3.82. The number of carbonyl (C=O) groups excluding carboxylic acids is 9. The van der Waals surface area contributed by atoms with Crippen molar-refractivity contribution < 1.29 is 66.6 Å². The first kappa shape index (κ1) is 76.5. The van der Waals surface area contributed by atoms with Crippen molar-refractivity contribution in [1.29, 1.82) is 0 Å². The number of rotatable bonds is 16. The summed E-state index contributed by atoms with van der Waals surface area (Å²) in [7, 11) is 1.49. The number of aromatic nitrogens is 2. The van der Waals surface area contributed by atoms with E-state index >= 15 is 28.0 Å². The molecule has 9 rings (SSSR count). The molecule has 0 spiro atoms. The number of hydrogen-bond acceptors (Lipinski definition) is 16. The minimum absolute atomic E-state index is 0.00950. The lowest BCUT2D eigenvalue weighted by Gasteiger charge is -2.36. The molecular formula is C72H88F2N14O12S2. The van der Waals surface area contributed by atoms with Crippen molar-refractivity contribution in [2.45, 2.75) is 151 Å². The zero-order valence-corrected chi connectivity index (χ0v) is 58.9. The van der Waals surface area contributed by atoms with Crippen molar-refractivity contribution in [3.05, 3.63) is 137 Å². The van der Waals surface area contributed by atoms with Crippen molar-refractivity contribution in [3.8, 4) is 5.75 Å². The Balaban J connectivity index is 1.07. The van der Waals surface area contributed by atoms with E-state index in [1.165, 1.54) is 78.9 Å². The molecule has 0 radical (unpaired) electrons. The first-order valence-electron chi connectivity index (χ1n) is 34.0. The number of carboxylic acids is 1. The molecule has 8 atom stereocenters. The number of unbranched alkanes of at least 4 members (excludes halogenated alkanes) is 1. The van der Waals surface area contributed by atoms with Crippen LogP contribution in [0.25, 0.3) is 21.8 Å². The number of aromatic amines is 2. The monoisotopic (exact) mass is 1440 g/mol. The number of carbonyl (C=O) groups is 10. The van der Waals surface area contributed by atoms with Crippen molar-refractivity contribution in [2.75, 3.05) is 44.8 Å². The van der Waals surface area contributed by atoms with Crippen molar-refractivity contribution >= 4 is 117 Å². The summed E-state index contributed by atoms with van der Waals surface area (Å²) in [6.45, 7) is 5.73. The maximum absolute atomic E-state index is 15.3. The van der Waals surface area contributed by atoms with Crippen LogP contribution in [0.15, 0.2) is 107 Å². The number of benzene rings is 4. The first-order chi connectivity index (χ1) is 49.0. The number of ether oxygens (including phenoxy) is 1. The molecule has 30 heteroatoms. The highest BCUT2D eigenvalue weighted by Gasteiger charge is 2.48. The van der Waals surface area contributed by atoms with Gasteiger partial charge in [0.25, 0.3) is 0 Å². The van der Waals surface area contributed by atoms with Gasteiger partial charge in [0.05, 0.1) is 20.1 Å². The number of fused-ring (bicyclic) bond motifs is 5. The minimum atomic E-state index is -2.01. The average molecular weight is 1440 g/mol. The van der Waals surface area contributed by atoms with Crippen molar-refractivity contribution in [3.63, 3.8) is 0 Å². The van der Waals surface area contributed by atoms with Crippen LogP contribution in [0.2, 0.25) is 0 Å². The van der Waals surface area contributed by atoms with Gasteiger partial charge >= 0.3 is 5.97 Å².